The lowest BCUT2D eigenvalue weighted by Crippen LogP contribution is -2.71. The number of aliphatic hydroxyl groups is 24. The van der Waals surface area contributed by atoms with Crippen LogP contribution in [0.1, 0.15) is 20.8 Å². The van der Waals surface area contributed by atoms with Gasteiger partial charge in [-0.3, -0.25) is 0 Å². The van der Waals surface area contributed by atoms with Crippen molar-refractivity contribution in [3.8, 4) is 0 Å². The van der Waals surface area contributed by atoms with E-state index in [0.717, 1.165) is 0 Å². The molecule has 0 amide bonds. The zero-order chi connectivity index (χ0) is 71.2. The average Bonchev–Trinajstić information content (AvgIpc) is 0.770. The fourth-order valence-corrected chi connectivity index (χ4v) is 12.9. The minimum Gasteiger partial charge on any atom is -0.394 e. The van der Waals surface area contributed by atoms with Crippen LogP contribution in [0.25, 0.3) is 0 Å². The maximum Gasteiger partial charge on any atom is 0.187 e. The quantitative estimate of drug-likeness (QED) is 0.0479. The molecule has 0 saturated carbocycles. The van der Waals surface area contributed by atoms with Gasteiger partial charge in [-0.2, -0.15) is 0 Å². The summed E-state index contributed by atoms with van der Waals surface area (Å²) in [5.74, 6) is 0. The first-order chi connectivity index (χ1) is 45.9. The number of hydrogen-bond acceptors (Lipinski definition) is 43. The Bertz CT molecular complexity index is 2410. The Morgan fingerprint density at radius 1 is 0.216 bits per heavy atom. The van der Waals surface area contributed by atoms with E-state index in [1.165, 1.54) is 20.8 Å². The molecule has 0 radical (unpaired) electrons. The molecule has 9 saturated heterocycles. The van der Waals surface area contributed by atoms with E-state index in [1.54, 1.807) is 0 Å². The summed E-state index contributed by atoms with van der Waals surface area (Å²) in [6, 6.07) is -3.85. The maximum atomic E-state index is 12.3. The van der Waals surface area contributed by atoms with Gasteiger partial charge in [0.05, 0.1) is 70.0 Å². The van der Waals surface area contributed by atoms with Crippen LogP contribution in [0.4, 0.5) is 0 Å². The van der Waals surface area contributed by atoms with Crippen LogP contribution in [0.2, 0.25) is 0 Å². The standard InChI is InChI=1S/C54H94N2O41/c1-10-21(63)27(69)33(75)49(81-10)93-41-19(55)47(95-43-25(67)14(5-58)85-52(36(43)78)90-38-16(7-60)84-46(80)32(74)31(38)73)88-17(8-61)39(41)91-53-37(79)44(26(68)15(6-59)86-53)96-48-20(56)42(94-50-34(76)28(70)22(64)11(2)82-50)40(18(9-62)89-48)92-54-45(30(72)24(66)13(4-57)87-54)97-51-35(77)29(71)23(65)12(3)83-51/h10-54,57-80H,4-9,55-56H2,1-3H3/t10?,11?,12-,13?,14?,15?,16?,17?,18?,19?,20?,21+,22+,23?,24-,25-,26-,27?,28?,29?,30?,31?,32?,33?,34?,35?,36?,37?,38+,39+,40+,41?,42?,43?,44?,45?,46+,47-,48-,49?,50?,51-,52-,53-,54-/m0/s1. The molecule has 43 heteroatoms. The van der Waals surface area contributed by atoms with Crippen LogP contribution in [0.5, 0.6) is 0 Å². The van der Waals surface area contributed by atoms with E-state index in [0.29, 0.717) is 0 Å². The molecule has 0 aromatic rings. The van der Waals surface area contributed by atoms with Crippen molar-refractivity contribution < 1.29 is 203 Å². The molecule has 43 nitrogen and oxygen atoms in total. The van der Waals surface area contributed by atoms with Crippen molar-refractivity contribution in [2.45, 2.75) is 297 Å². The van der Waals surface area contributed by atoms with Crippen LogP contribution in [0.3, 0.4) is 0 Å². The minimum atomic E-state index is -2.37. The predicted molar refractivity (Wildman–Crippen MR) is 297 cm³/mol. The first kappa shape index (κ1) is 79.4. The van der Waals surface area contributed by atoms with E-state index in [4.69, 9.17) is 92.0 Å². The Kier molecular flexibility index (Phi) is 27.5. The fourth-order valence-electron chi connectivity index (χ4n) is 12.9. The molecular weight excluding hydrogens is 1330 g/mol. The van der Waals surface area contributed by atoms with E-state index in [1.807, 2.05) is 0 Å². The molecule has 0 aliphatic carbocycles. The van der Waals surface area contributed by atoms with Crippen LogP contribution in [0.15, 0.2) is 0 Å². The maximum absolute atomic E-state index is 12.3. The second-order valence-corrected chi connectivity index (χ2v) is 25.3. The highest BCUT2D eigenvalue weighted by atomic mass is 16.8. The highest BCUT2D eigenvalue weighted by Gasteiger charge is 2.61. The van der Waals surface area contributed by atoms with Crippen LogP contribution in [-0.2, 0) is 80.5 Å². The van der Waals surface area contributed by atoms with Gasteiger partial charge in [0.1, 0.15) is 189 Å². The van der Waals surface area contributed by atoms with E-state index in [9.17, 15) is 123 Å². The zero-order valence-corrected chi connectivity index (χ0v) is 52.1. The van der Waals surface area contributed by atoms with Gasteiger partial charge in [0, 0.05) is 0 Å². The third-order valence-corrected chi connectivity index (χ3v) is 18.8. The van der Waals surface area contributed by atoms with Crippen molar-refractivity contribution in [3.63, 3.8) is 0 Å². The first-order valence-electron chi connectivity index (χ1n) is 31.4. The lowest BCUT2D eigenvalue weighted by Gasteiger charge is -2.52. The van der Waals surface area contributed by atoms with Gasteiger partial charge < -0.3 is 215 Å². The summed E-state index contributed by atoms with van der Waals surface area (Å²) >= 11 is 0. The minimum absolute atomic E-state index is 0.938. The molecule has 45 atom stereocenters. The van der Waals surface area contributed by atoms with Crippen LogP contribution >= 0.6 is 0 Å². The summed E-state index contributed by atoms with van der Waals surface area (Å²) in [6.45, 7) is -2.55. The molecule has 9 aliphatic heterocycles. The SMILES string of the molecule is CC1OC(OC2C(N)[C@H](OC3C(O)[C@H](O[C@@H]4C(CO)O[C@@H](O)C(O)C4O)OC(CO)[C@@H]3O)OC(CO)[C@H]2O[C@@H]2OC(CO)[C@H](O)C(O[C@@H]3OC(CO)[C@@H](O[C@@H]4OC(CO)[C@H](O)C(O)C4O[C@@H]4O[C@@H](C)C(O)C(O)C4O)C(OC4OC(C)[C@@H](O)C(O)C4O)C3N)C2O)C(O)C(O)[C@@H]1O. The predicted octanol–water partition coefficient (Wildman–Crippen LogP) is -17.6. The summed E-state index contributed by atoms with van der Waals surface area (Å²) in [7, 11) is 0. The first-order valence-corrected chi connectivity index (χ1v) is 31.4. The van der Waals surface area contributed by atoms with Gasteiger partial charge in [-0.15, -0.1) is 0 Å². The normalized spacial score (nSPS) is 55.0. The number of nitrogens with two attached hydrogens (primary N) is 2. The summed E-state index contributed by atoms with van der Waals surface area (Å²) < 4.78 is 100. The number of hydrogen-bond donors (Lipinski definition) is 26. The third-order valence-electron chi connectivity index (χ3n) is 18.8. The van der Waals surface area contributed by atoms with Crippen molar-refractivity contribution in [1.82, 2.24) is 0 Å². The summed E-state index contributed by atoms with van der Waals surface area (Å²) in [5.41, 5.74) is 13.7. The zero-order valence-electron chi connectivity index (χ0n) is 52.1. The van der Waals surface area contributed by atoms with Gasteiger partial charge in [0.15, 0.2) is 56.6 Å². The molecule has 9 fully saturated rings. The third kappa shape index (κ3) is 16.2. The van der Waals surface area contributed by atoms with Gasteiger partial charge in [0.25, 0.3) is 0 Å². The average molecular weight is 1430 g/mol. The summed E-state index contributed by atoms with van der Waals surface area (Å²) in [4.78, 5) is 0. The molecule has 97 heavy (non-hydrogen) atoms. The lowest BCUT2D eigenvalue weighted by atomic mass is 9.93. The molecule has 0 aromatic heterocycles. The molecule has 9 aliphatic rings. The van der Waals surface area contributed by atoms with Gasteiger partial charge in [-0.1, -0.05) is 0 Å². The second kappa shape index (κ2) is 33.6. The lowest BCUT2D eigenvalue weighted by molar-refractivity contribution is -0.403. The smallest absolute Gasteiger partial charge is 0.187 e. The number of rotatable bonds is 22. The summed E-state index contributed by atoms with van der Waals surface area (Å²) in [6.07, 6.45) is -82.8. The number of aliphatic hydroxyl groups excluding tert-OH is 24. The summed E-state index contributed by atoms with van der Waals surface area (Å²) in [5, 5.41) is 262. The second-order valence-electron chi connectivity index (χ2n) is 25.3. The molecule has 566 valence electrons. The van der Waals surface area contributed by atoms with Crippen molar-refractivity contribution in [2.75, 3.05) is 39.6 Å². The Labute approximate surface area is 550 Å². The molecule has 28 N–H and O–H groups in total. The van der Waals surface area contributed by atoms with Crippen molar-refractivity contribution in [3.05, 3.63) is 0 Å². The number of ether oxygens (including phenoxy) is 17. The molecule has 9 rings (SSSR count). The van der Waals surface area contributed by atoms with Crippen molar-refractivity contribution >= 4 is 0 Å². The van der Waals surface area contributed by atoms with E-state index >= 15 is 0 Å². The van der Waals surface area contributed by atoms with Gasteiger partial charge in [-0.25, -0.2) is 0 Å². The topological polar surface area (TPSA) is 694 Å². The largest absolute Gasteiger partial charge is 0.394 e. The van der Waals surface area contributed by atoms with Gasteiger partial charge >= 0.3 is 0 Å². The van der Waals surface area contributed by atoms with Crippen LogP contribution < -0.4 is 11.5 Å². The van der Waals surface area contributed by atoms with Crippen LogP contribution in [0, 0.1) is 0 Å². The monoisotopic (exact) mass is 1430 g/mol. The molecule has 0 bridgehead atoms. The molecule has 0 spiro atoms. The Balaban J connectivity index is 1.00. The van der Waals surface area contributed by atoms with Gasteiger partial charge in [0.2, 0.25) is 0 Å². The highest BCUT2D eigenvalue weighted by molar-refractivity contribution is 5.04. The van der Waals surface area contributed by atoms with E-state index in [-0.39, 0.29) is 0 Å². The molecule has 0 aromatic carbocycles. The molecule has 29 unspecified atom stereocenters. The van der Waals surface area contributed by atoms with Crippen molar-refractivity contribution in [2.24, 2.45) is 11.5 Å². The highest BCUT2D eigenvalue weighted by Crippen LogP contribution is 2.40. The van der Waals surface area contributed by atoms with Crippen molar-refractivity contribution in [1.29, 1.82) is 0 Å². The Morgan fingerprint density at radius 2 is 0.485 bits per heavy atom. The Morgan fingerprint density at radius 3 is 0.856 bits per heavy atom. The Hall–Kier alpha value is -1.72. The molecule has 9 heterocycles. The van der Waals surface area contributed by atoms with E-state index < -0.39 is 316 Å². The van der Waals surface area contributed by atoms with Crippen LogP contribution in [-0.4, -0.2) is 438 Å². The fraction of sp³-hybridized carbons (Fsp3) is 1.00. The van der Waals surface area contributed by atoms with Gasteiger partial charge in [-0.05, 0) is 20.8 Å². The molecular formula is C54H94N2O41. The van der Waals surface area contributed by atoms with E-state index in [2.05, 4.69) is 0 Å².